The van der Waals surface area contributed by atoms with Crippen LogP contribution in [-0.4, -0.2) is 27.3 Å². The van der Waals surface area contributed by atoms with E-state index in [1.165, 1.54) is 12.1 Å². The molecule has 0 radical (unpaired) electrons. The average molecular weight is 226 g/mol. The first-order valence-electron chi connectivity index (χ1n) is 4.09. The van der Waals surface area contributed by atoms with Crippen LogP contribution >= 0.6 is 0 Å². The number of halogens is 1. The first-order valence-corrected chi connectivity index (χ1v) is 4.09. The molecule has 6 heteroatoms. The van der Waals surface area contributed by atoms with E-state index in [4.69, 9.17) is 10.2 Å². The molecule has 0 bridgehead atoms. The molecule has 0 saturated heterocycles. The summed E-state index contributed by atoms with van der Waals surface area (Å²) >= 11 is 0. The molecule has 0 aromatic heterocycles. The molecule has 1 rings (SSSR count). The van der Waals surface area contributed by atoms with Gasteiger partial charge in [-0.05, 0) is 12.1 Å². The van der Waals surface area contributed by atoms with Crippen LogP contribution in [0.3, 0.4) is 0 Å². The van der Waals surface area contributed by atoms with Crippen molar-refractivity contribution in [3.63, 3.8) is 0 Å². The topological polar surface area (TPSA) is 94.8 Å². The van der Waals surface area contributed by atoms with E-state index in [-0.39, 0.29) is 5.56 Å². The third-order valence-corrected chi connectivity index (χ3v) is 1.78. The van der Waals surface area contributed by atoms with Gasteiger partial charge in [0.2, 0.25) is 0 Å². The van der Waals surface area contributed by atoms with E-state index >= 15 is 0 Å². The smallest absolute Gasteiger partial charge is 0.343 e. The summed E-state index contributed by atoms with van der Waals surface area (Å²) in [5.74, 6) is -5.08. The highest BCUT2D eigenvalue weighted by atomic mass is 19.1. The average Bonchev–Trinajstić information content (AvgIpc) is 2.19. The van der Waals surface area contributed by atoms with Crippen molar-refractivity contribution in [2.75, 3.05) is 0 Å². The number of benzene rings is 1. The molecule has 1 aromatic rings. The summed E-state index contributed by atoms with van der Waals surface area (Å²) in [7, 11) is 0. The molecule has 0 fully saturated rings. The number of rotatable bonds is 3. The fourth-order valence-corrected chi connectivity index (χ4v) is 1.02. The van der Waals surface area contributed by atoms with Crippen LogP contribution < -0.4 is 0 Å². The molecule has 3 N–H and O–H groups in total. The molecule has 0 saturated carbocycles. The first-order chi connectivity index (χ1) is 7.43. The third kappa shape index (κ3) is 2.35. The van der Waals surface area contributed by atoms with Crippen molar-refractivity contribution in [2.24, 2.45) is 0 Å². The van der Waals surface area contributed by atoms with Gasteiger partial charge in [0.05, 0.1) is 0 Å². The number of aliphatic carboxylic acids is 2. The van der Waals surface area contributed by atoms with E-state index in [1.54, 1.807) is 0 Å². The van der Waals surface area contributed by atoms with Crippen molar-refractivity contribution in [1.82, 2.24) is 0 Å². The lowest BCUT2D eigenvalue weighted by atomic mass is 10.1. The van der Waals surface area contributed by atoms with Crippen molar-refractivity contribution in [3.05, 3.63) is 35.2 Å². The van der Waals surface area contributed by atoms with Crippen molar-refractivity contribution in [2.45, 2.75) is 0 Å². The summed E-state index contributed by atoms with van der Waals surface area (Å²) in [4.78, 5) is 21.0. The normalized spacial score (nSPS) is 9.56. The molecule has 0 unspecified atom stereocenters. The van der Waals surface area contributed by atoms with E-state index in [1.807, 2.05) is 0 Å². The Morgan fingerprint density at radius 3 is 2.25 bits per heavy atom. The second kappa shape index (κ2) is 4.43. The SMILES string of the molecule is O=C(O)C(=Cc1cccc(F)c1O)C(=O)O. The molecule has 0 aliphatic heterocycles. The lowest BCUT2D eigenvalue weighted by molar-refractivity contribution is -0.139. The molecule has 0 aliphatic rings. The minimum absolute atomic E-state index is 0.209. The minimum Gasteiger partial charge on any atom is -0.504 e. The maximum atomic E-state index is 12.9. The maximum absolute atomic E-state index is 12.9. The molecule has 0 heterocycles. The van der Waals surface area contributed by atoms with Crippen LogP contribution in [0.25, 0.3) is 6.08 Å². The summed E-state index contributed by atoms with van der Waals surface area (Å²) in [5, 5.41) is 26.3. The predicted molar refractivity (Wildman–Crippen MR) is 51.3 cm³/mol. The number of carbonyl (C=O) groups is 2. The standard InChI is InChI=1S/C10H7FO5/c11-7-3-1-2-5(8(7)12)4-6(9(13)14)10(15)16/h1-4,12H,(H,13,14)(H,15,16). The van der Waals surface area contributed by atoms with Gasteiger partial charge in [0.15, 0.2) is 11.6 Å². The van der Waals surface area contributed by atoms with Crippen molar-refractivity contribution in [3.8, 4) is 5.75 Å². The fraction of sp³-hybridized carbons (Fsp3) is 0. The van der Waals surface area contributed by atoms with Crippen molar-refractivity contribution in [1.29, 1.82) is 0 Å². The summed E-state index contributed by atoms with van der Waals surface area (Å²) in [6.07, 6.45) is 0.684. The molecule has 0 spiro atoms. The van der Waals surface area contributed by atoms with E-state index < -0.39 is 29.1 Å². The Labute approximate surface area is 89.1 Å². The summed E-state index contributed by atoms with van der Waals surface area (Å²) in [6.45, 7) is 0. The molecular formula is C10H7FO5. The molecule has 0 amide bonds. The second-order valence-electron chi connectivity index (χ2n) is 2.85. The van der Waals surface area contributed by atoms with Gasteiger partial charge in [-0.2, -0.15) is 0 Å². The van der Waals surface area contributed by atoms with Gasteiger partial charge in [-0.3, -0.25) is 0 Å². The van der Waals surface area contributed by atoms with Crippen LogP contribution in [0, 0.1) is 5.82 Å². The van der Waals surface area contributed by atoms with E-state index in [2.05, 4.69) is 0 Å². The summed E-state index contributed by atoms with van der Waals surface area (Å²) in [5.41, 5.74) is -1.17. The number of carboxylic acids is 2. The maximum Gasteiger partial charge on any atom is 0.343 e. The van der Waals surface area contributed by atoms with E-state index in [0.717, 1.165) is 6.07 Å². The van der Waals surface area contributed by atoms with Gasteiger partial charge in [-0.25, -0.2) is 14.0 Å². The number of carboxylic acid groups (broad SMARTS) is 2. The fourth-order valence-electron chi connectivity index (χ4n) is 1.02. The van der Waals surface area contributed by atoms with Gasteiger partial charge in [0.1, 0.15) is 5.57 Å². The van der Waals surface area contributed by atoms with Crippen LogP contribution in [0.4, 0.5) is 4.39 Å². The van der Waals surface area contributed by atoms with Gasteiger partial charge in [-0.15, -0.1) is 0 Å². The summed E-state index contributed by atoms with van der Waals surface area (Å²) < 4.78 is 12.9. The largest absolute Gasteiger partial charge is 0.504 e. The molecule has 16 heavy (non-hydrogen) atoms. The number of phenolic OH excluding ortho intramolecular Hbond substituents is 1. The Bertz CT molecular complexity index is 462. The van der Waals surface area contributed by atoms with Crippen LogP contribution in [0.15, 0.2) is 23.8 Å². The first kappa shape index (κ1) is 11.7. The second-order valence-corrected chi connectivity index (χ2v) is 2.85. The molecular weight excluding hydrogens is 219 g/mol. The van der Waals surface area contributed by atoms with Crippen molar-refractivity contribution < 1.29 is 29.3 Å². The monoisotopic (exact) mass is 226 g/mol. The number of hydrogen-bond acceptors (Lipinski definition) is 3. The lowest BCUT2D eigenvalue weighted by Gasteiger charge is -2.01. The zero-order valence-corrected chi connectivity index (χ0v) is 7.85. The van der Waals surface area contributed by atoms with Crippen LogP contribution in [0.5, 0.6) is 5.75 Å². The number of para-hydroxylation sites is 1. The van der Waals surface area contributed by atoms with E-state index in [0.29, 0.717) is 6.08 Å². The van der Waals surface area contributed by atoms with Gasteiger partial charge < -0.3 is 15.3 Å². The quantitative estimate of drug-likeness (QED) is 0.407. The zero-order chi connectivity index (χ0) is 12.3. The zero-order valence-electron chi connectivity index (χ0n) is 7.85. The van der Waals surface area contributed by atoms with Crippen molar-refractivity contribution >= 4 is 18.0 Å². The van der Waals surface area contributed by atoms with Gasteiger partial charge in [0, 0.05) is 5.56 Å². The Balaban J connectivity index is 3.29. The highest BCUT2D eigenvalue weighted by Gasteiger charge is 2.17. The summed E-state index contributed by atoms with van der Waals surface area (Å²) in [6, 6.07) is 3.39. The number of aromatic hydroxyl groups is 1. The Morgan fingerprint density at radius 1 is 1.19 bits per heavy atom. The highest BCUT2D eigenvalue weighted by molar-refractivity contribution is 6.16. The molecule has 0 aliphatic carbocycles. The lowest BCUT2D eigenvalue weighted by Crippen LogP contribution is -2.10. The Hall–Kier alpha value is -2.37. The van der Waals surface area contributed by atoms with Gasteiger partial charge in [0.25, 0.3) is 0 Å². The number of phenols is 1. The Kier molecular flexibility index (Phi) is 3.24. The Morgan fingerprint density at radius 2 is 1.75 bits per heavy atom. The van der Waals surface area contributed by atoms with Crippen LogP contribution in [0.2, 0.25) is 0 Å². The highest BCUT2D eigenvalue weighted by Crippen LogP contribution is 2.23. The minimum atomic E-state index is -1.67. The van der Waals surface area contributed by atoms with E-state index in [9.17, 15) is 19.1 Å². The van der Waals surface area contributed by atoms with Crippen LogP contribution in [-0.2, 0) is 9.59 Å². The predicted octanol–water partition coefficient (Wildman–Crippen LogP) is 1.08. The molecule has 1 aromatic carbocycles. The molecule has 84 valence electrons. The van der Waals surface area contributed by atoms with Gasteiger partial charge >= 0.3 is 11.9 Å². The molecule has 5 nitrogen and oxygen atoms in total. The van der Waals surface area contributed by atoms with Crippen LogP contribution in [0.1, 0.15) is 5.56 Å². The van der Waals surface area contributed by atoms with Gasteiger partial charge in [-0.1, -0.05) is 12.1 Å². The molecule has 0 atom stereocenters. The number of hydrogen-bond donors (Lipinski definition) is 3. The third-order valence-electron chi connectivity index (χ3n) is 1.78.